The molecule has 5 rings (SSSR count). The Kier molecular flexibility index (Phi) is 4.71. The van der Waals surface area contributed by atoms with Crippen molar-refractivity contribution in [3.8, 4) is 11.1 Å². The molecule has 2 atom stereocenters. The average Bonchev–Trinajstić information content (AvgIpc) is 3.12. The zero-order valence-corrected chi connectivity index (χ0v) is 16.6. The lowest BCUT2D eigenvalue weighted by Crippen LogP contribution is -2.36. The highest BCUT2D eigenvalue weighted by molar-refractivity contribution is 7.86. The highest BCUT2D eigenvalue weighted by Crippen LogP contribution is 2.44. The largest absolute Gasteiger partial charge is 0.449 e. The van der Waals surface area contributed by atoms with Crippen molar-refractivity contribution in [2.45, 2.75) is 42.1 Å². The second-order valence-electron chi connectivity index (χ2n) is 8.19. The highest BCUT2D eigenvalue weighted by Gasteiger charge is 2.40. The average molecular weight is 396 g/mol. The molecule has 3 aliphatic rings. The smallest absolute Gasteiger partial charge is 0.407 e. The van der Waals surface area contributed by atoms with E-state index in [1.54, 1.807) is 0 Å². The summed E-state index contributed by atoms with van der Waals surface area (Å²) < 4.78 is 17.7. The third kappa shape index (κ3) is 3.16. The second-order valence-corrected chi connectivity index (χ2v) is 10.2. The molecule has 2 fully saturated rings. The van der Waals surface area contributed by atoms with Crippen molar-refractivity contribution in [1.82, 2.24) is 5.32 Å². The highest BCUT2D eigenvalue weighted by atomic mass is 32.2. The fraction of sp³-hybridized carbons (Fsp3) is 0.435. The number of alkyl carbamates (subject to hydrolysis) is 1. The van der Waals surface area contributed by atoms with E-state index in [0.29, 0.717) is 29.6 Å². The lowest BCUT2D eigenvalue weighted by atomic mass is 9.98. The Labute approximate surface area is 168 Å². The Morgan fingerprint density at radius 2 is 1.54 bits per heavy atom. The number of amides is 1. The van der Waals surface area contributed by atoms with Crippen LogP contribution in [-0.4, -0.2) is 34.0 Å². The zero-order valence-electron chi connectivity index (χ0n) is 15.8. The maximum atomic E-state index is 12.3. The molecule has 4 nitrogen and oxygen atoms in total. The Hall–Kier alpha value is -2.14. The number of carbonyl (C=O) groups is 1. The van der Waals surface area contributed by atoms with Gasteiger partial charge >= 0.3 is 6.09 Å². The molecule has 1 amide bonds. The molecule has 2 aromatic carbocycles. The molecule has 28 heavy (non-hydrogen) atoms. The van der Waals surface area contributed by atoms with Gasteiger partial charge in [0.1, 0.15) is 6.61 Å². The molecular weight excluding hydrogens is 370 g/mol. The number of benzene rings is 2. The topological polar surface area (TPSA) is 55.4 Å². The number of nitrogens with one attached hydrogen (secondary N) is 1. The van der Waals surface area contributed by atoms with E-state index >= 15 is 0 Å². The molecule has 2 heterocycles. The fourth-order valence-electron chi connectivity index (χ4n) is 5.19. The lowest BCUT2D eigenvalue weighted by molar-refractivity contribution is 0.141. The van der Waals surface area contributed by atoms with Crippen molar-refractivity contribution in [1.29, 1.82) is 0 Å². The quantitative estimate of drug-likeness (QED) is 0.843. The first-order valence-corrected chi connectivity index (χ1v) is 11.5. The normalized spacial score (nSPS) is 27.9. The van der Waals surface area contributed by atoms with E-state index in [0.717, 1.165) is 25.7 Å². The molecule has 1 N–H and O–H groups in total. The van der Waals surface area contributed by atoms with Crippen LogP contribution in [0.1, 0.15) is 42.7 Å². The van der Waals surface area contributed by atoms with E-state index in [2.05, 4.69) is 41.7 Å². The Balaban J connectivity index is 1.19. The minimum atomic E-state index is -0.645. The van der Waals surface area contributed by atoms with Gasteiger partial charge < -0.3 is 10.1 Å². The minimum absolute atomic E-state index is 0.0890. The predicted octanol–water partition coefficient (Wildman–Crippen LogP) is 4.21. The van der Waals surface area contributed by atoms with Crippen LogP contribution in [0.25, 0.3) is 11.1 Å². The first kappa shape index (κ1) is 17.9. The number of ether oxygens (including phenoxy) is 1. The van der Waals surface area contributed by atoms with E-state index < -0.39 is 10.8 Å². The van der Waals surface area contributed by atoms with E-state index in [4.69, 9.17) is 4.74 Å². The van der Waals surface area contributed by atoms with Crippen molar-refractivity contribution in [2.24, 2.45) is 5.92 Å². The molecule has 2 unspecified atom stereocenters. The van der Waals surface area contributed by atoms with Gasteiger partial charge in [0.2, 0.25) is 0 Å². The van der Waals surface area contributed by atoms with Gasteiger partial charge in [-0.15, -0.1) is 0 Å². The molecule has 2 saturated heterocycles. The van der Waals surface area contributed by atoms with Crippen molar-refractivity contribution < 1.29 is 13.7 Å². The summed E-state index contributed by atoms with van der Waals surface area (Å²) in [6.07, 6.45) is 3.75. The number of rotatable bonds is 4. The third-order valence-corrected chi connectivity index (χ3v) is 8.71. The van der Waals surface area contributed by atoms with Gasteiger partial charge in [0.05, 0.1) is 0 Å². The molecule has 0 spiro atoms. The van der Waals surface area contributed by atoms with Gasteiger partial charge in [-0.1, -0.05) is 48.5 Å². The van der Waals surface area contributed by atoms with Crippen LogP contribution in [-0.2, 0) is 15.5 Å². The van der Waals surface area contributed by atoms with Crippen molar-refractivity contribution in [3.63, 3.8) is 0 Å². The van der Waals surface area contributed by atoms with Crippen LogP contribution in [0.2, 0.25) is 0 Å². The molecular formula is C23H25NO3S. The third-order valence-electron chi connectivity index (χ3n) is 6.54. The summed E-state index contributed by atoms with van der Waals surface area (Å²) in [5, 5.41) is 3.63. The number of carbonyl (C=O) groups excluding carboxylic acids is 1. The molecule has 2 aromatic rings. The van der Waals surface area contributed by atoms with E-state index in [9.17, 15) is 9.00 Å². The zero-order chi connectivity index (χ0) is 19.1. The summed E-state index contributed by atoms with van der Waals surface area (Å²) in [5.74, 6) is 0.516. The maximum absolute atomic E-state index is 12.3. The standard InChI is InChI=1S/C23H25NO3S/c25-23(24-13-15-11-16-9-10-17(12-15)28(16)26)27-14-22-20-7-3-1-5-18(20)19-6-2-4-8-21(19)22/h1-8,15-17,22H,9-14H2,(H,24,25). The Bertz CT molecular complexity index is 866. The van der Waals surface area contributed by atoms with Gasteiger partial charge in [-0.25, -0.2) is 4.79 Å². The molecule has 2 aliphatic heterocycles. The maximum Gasteiger partial charge on any atom is 0.407 e. The van der Waals surface area contributed by atoms with E-state index in [1.165, 1.54) is 22.3 Å². The van der Waals surface area contributed by atoms with Gasteiger partial charge in [-0.05, 0) is 53.9 Å². The Morgan fingerprint density at radius 3 is 2.14 bits per heavy atom. The first-order valence-electron chi connectivity index (χ1n) is 10.2. The minimum Gasteiger partial charge on any atom is -0.449 e. The summed E-state index contributed by atoms with van der Waals surface area (Å²) in [7, 11) is -0.645. The summed E-state index contributed by atoms with van der Waals surface area (Å²) in [4.78, 5) is 12.3. The van der Waals surface area contributed by atoms with E-state index in [-0.39, 0.29) is 12.0 Å². The fourth-order valence-corrected chi connectivity index (χ4v) is 7.39. The van der Waals surface area contributed by atoms with Gasteiger partial charge in [0, 0.05) is 33.8 Å². The summed E-state index contributed by atoms with van der Waals surface area (Å²) in [6.45, 7) is 0.973. The number of hydrogen-bond acceptors (Lipinski definition) is 3. The van der Waals surface area contributed by atoms with Crippen LogP contribution in [0.4, 0.5) is 4.79 Å². The second kappa shape index (κ2) is 7.36. The van der Waals surface area contributed by atoms with Crippen LogP contribution in [0, 0.1) is 5.92 Å². The van der Waals surface area contributed by atoms with Crippen LogP contribution >= 0.6 is 0 Å². The van der Waals surface area contributed by atoms with Crippen LogP contribution in [0.15, 0.2) is 48.5 Å². The molecule has 0 saturated carbocycles. The summed E-state index contributed by atoms with van der Waals surface area (Å²) in [6, 6.07) is 16.7. The van der Waals surface area contributed by atoms with Gasteiger partial charge in [-0.3, -0.25) is 4.21 Å². The summed E-state index contributed by atoms with van der Waals surface area (Å²) in [5.41, 5.74) is 4.92. The molecule has 2 bridgehead atoms. The monoisotopic (exact) mass is 395 g/mol. The molecule has 5 heteroatoms. The predicted molar refractivity (Wildman–Crippen MR) is 111 cm³/mol. The van der Waals surface area contributed by atoms with E-state index in [1.807, 2.05) is 12.1 Å². The van der Waals surface area contributed by atoms with Crippen LogP contribution in [0.3, 0.4) is 0 Å². The molecule has 0 aromatic heterocycles. The van der Waals surface area contributed by atoms with Crippen molar-refractivity contribution in [3.05, 3.63) is 59.7 Å². The first-order chi connectivity index (χ1) is 13.7. The number of hydrogen-bond donors (Lipinski definition) is 1. The van der Waals surface area contributed by atoms with Crippen molar-refractivity contribution in [2.75, 3.05) is 13.2 Å². The summed E-state index contributed by atoms with van der Waals surface area (Å²) >= 11 is 0. The van der Waals surface area contributed by atoms with Gasteiger partial charge in [0.25, 0.3) is 0 Å². The SMILES string of the molecule is O=C(NCC1CC2CCC(C1)S2=O)OCC1c2ccccc2-c2ccccc21. The molecule has 0 radical (unpaired) electrons. The number of fused-ring (bicyclic) bond motifs is 5. The molecule has 1 aliphatic carbocycles. The van der Waals surface area contributed by atoms with Gasteiger partial charge in [-0.2, -0.15) is 0 Å². The Morgan fingerprint density at radius 1 is 0.964 bits per heavy atom. The van der Waals surface area contributed by atoms with Crippen LogP contribution < -0.4 is 5.32 Å². The lowest BCUT2D eigenvalue weighted by Gasteiger charge is -2.27. The molecule has 146 valence electrons. The van der Waals surface area contributed by atoms with Crippen molar-refractivity contribution >= 4 is 16.9 Å². The van der Waals surface area contributed by atoms with Crippen LogP contribution in [0.5, 0.6) is 0 Å². The van der Waals surface area contributed by atoms with Gasteiger partial charge in [0.15, 0.2) is 0 Å².